The van der Waals surface area contributed by atoms with Crippen molar-refractivity contribution in [3.8, 4) is 0 Å². The summed E-state index contributed by atoms with van der Waals surface area (Å²) in [5.74, 6) is -0.119. The molecule has 0 saturated carbocycles. The summed E-state index contributed by atoms with van der Waals surface area (Å²) in [6.45, 7) is -0.0854. The number of aliphatic hydroxyl groups excluding tert-OH is 1. The molecule has 5 nitrogen and oxygen atoms in total. The largest absolute Gasteiger partial charge is 0.433 e. The molecule has 0 saturated heterocycles. The maximum absolute atomic E-state index is 12.9. The van der Waals surface area contributed by atoms with Crippen molar-refractivity contribution < 1.29 is 18.3 Å². The minimum atomic E-state index is -4.59. The quantitative estimate of drug-likeness (QED) is 0.856. The van der Waals surface area contributed by atoms with Crippen molar-refractivity contribution >= 4 is 23.4 Å². The third-order valence-corrected chi connectivity index (χ3v) is 3.52. The number of aromatic nitrogens is 2. The van der Waals surface area contributed by atoms with E-state index in [-0.39, 0.29) is 18.3 Å². The molecule has 24 heavy (non-hydrogen) atoms. The molecule has 0 amide bonds. The van der Waals surface area contributed by atoms with Gasteiger partial charge in [-0.25, -0.2) is 4.98 Å². The molecule has 0 fully saturated rings. The van der Waals surface area contributed by atoms with Gasteiger partial charge >= 0.3 is 6.18 Å². The fraction of sp³-hybridized carbons (Fsp3) is 0.333. The lowest BCUT2D eigenvalue weighted by atomic mass is 10.1. The molecule has 2 rings (SSSR count). The molecule has 130 valence electrons. The Kier molecular flexibility index (Phi) is 5.51. The zero-order valence-electron chi connectivity index (χ0n) is 13.0. The molecule has 1 heterocycles. The Bertz CT molecular complexity index is 709. The summed E-state index contributed by atoms with van der Waals surface area (Å²) < 4.78 is 38.8. The van der Waals surface area contributed by atoms with Crippen LogP contribution in [0.4, 0.5) is 24.9 Å². The smallest absolute Gasteiger partial charge is 0.387 e. The van der Waals surface area contributed by atoms with E-state index in [0.29, 0.717) is 10.6 Å². The predicted molar refractivity (Wildman–Crippen MR) is 86.3 cm³/mol. The summed E-state index contributed by atoms with van der Waals surface area (Å²) in [6, 6.07) is 7.52. The Morgan fingerprint density at radius 3 is 2.50 bits per heavy atom. The zero-order chi connectivity index (χ0) is 17.9. The Balaban J connectivity index is 2.20. The third kappa shape index (κ3) is 4.48. The number of hydrogen-bond acceptors (Lipinski definition) is 5. The van der Waals surface area contributed by atoms with Gasteiger partial charge < -0.3 is 15.3 Å². The van der Waals surface area contributed by atoms with Gasteiger partial charge in [-0.3, -0.25) is 0 Å². The summed E-state index contributed by atoms with van der Waals surface area (Å²) in [7, 11) is 3.15. The summed E-state index contributed by atoms with van der Waals surface area (Å²) in [4.78, 5) is 8.89. The maximum atomic E-state index is 12.9. The third-order valence-electron chi connectivity index (χ3n) is 3.18. The van der Waals surface area contributed by atoms with Crippen LogP contribution in [-0.2, 0) is 6.18 Å². The molecule has 0 aliphatic heterocycles. The second-order valence-electron chi connectivity index (χ2n) is 5.25. The Hall–Kier alpha value is -2.06. The second kappa shape index (κ2) is 7.23. The molecule has 1 atom stereocenters. The van der Waals surface area contributed by atoms with Crippen LogP contribution in [0, 0.1) is 0 Å². The van der Waals surface area contributed by atoms with Crippen LogP contribution >= 0.6 is 11.6 Å². The zero-order valence-corrected chi connectivity index (χ0v) is 13.7. The van der Waals surface area contributed by atoms with Crippen LogP contribution in [0.25, 0.3) is 0 Å². The fourth-order valence-corrected chi connectivity index (χ4v) is 2.19. The highest BCUT2D eigenvalue weighted by Crippen LogP contribution is 2.30. The van der Waals surface area contributed by atoms with E-state index in [1.807, 2.05) is 0 Å². The monoisotopic (exact) mass is 360 g/mol. The molecule has 0 spiro atoms. The highest BCUT2D eigenvalue weighted by molar-refractivity contribution is 6.31. The molecule has 0 radical (unpaired) electrons. The van der Waals surface area contributed by atoms with Crippen molar-refractivity contribution in [1.29, 1.82) is 0 Å². The molecule has 2 aromatic rings. The normalized spacial score (nSPS) is 12.8. The minimum Gasteiger partial charge on any atom is -0.387 e. The molecule has 1 unspecified atom stereocenters. The molecular formula is C15H16ClF3N4O. The number of halogens is 4. The van der Waals surface area contributed by atoms with E-state index in [0.717, 1.165) is 6.07 Å². The SMILES string of the molecule is CN(C)c1cc(C(F)(F)F)nc(NCC(O)c2ccccc2Cl)n1. The van der Waals surface area contributed by atoms with Gasteiger partial charge in [0.25, 0.3) is 0 Å². The van der Waals surface area contributed by atoms with E-state index in [1.54, 1.807) is 38.4 Å². The van der Waals surface area contributed by atoms with Crippen LogP contribution in [0.15, 0.2) is 30.3 Å². The van der Waals surface area contributed by atoms with E-state index in [2.05, 4.69) is 15.3 Å². The van der Waals surface area contributed by atoms with Crippen molar-refractivity contribution in [2.45, 2.75) is 12.3 Å². The molecule has 1 aromatic carbocycles. The lowest BCUT2D eigenvalue weighted by Crippen LogP contribution is -2.19. The van der Waals surface area contributed by atoms with Crippen LogP contribution in [-0.4, -0.2) is 35.7 Å². The van der Waals surface area contributed by atoms with Gasteiger partial charge in [0.05, 0.1) is 6.10 Å². The number of aliphatic hydroxyl groups is 1. The van der Waals surface area contributed by atoms with Crippen LogP contribution < -0.4 is 10.2 Å². The number of alkyl halides is 3. The number of benzene rings is 1. The standard InChI is InChI=1S/C15H16ClF3N4O/c1-23(2)13-7-12(15(17,18)19)21-14(22-13)20-8-11(24)9-5-3-4-6-10(9)16/h3-7,11,24H,8H2,1-2H3,(H,20,21,22). The van der Waals surface area contributed by atoms with Crippen molar-refractivity contribution in [2.75, 3.05) is 30.9 Å². The highest BCUT2D eigenvalue weighted by Gasteiger charge is 2.34. The van der Waals surface area contributed by atoms with Crippen molar-refractivity contribution in [3.63, 3.8) is 0 Å². The molecule has 0 aliphatic rings. The first kappa shape index (κ1) is 18.3. The van der Waals surface area contributed by atoms with Crippen molar-refractivity contribution in [2.24, 2.45) is 0 Å². The molecular weight excluding hydrogens is 345 g/mol. The number of hydrogen-bond donors (Lipinski definition) is 2. The fourth-order valence-electron chi connectivity index (χ4n) is 1.93. The summed E-state index contributed by atoms with van der Waals surface area (Å²) in [6.07, 6.45) is -5.61. The average Bonchev–Trinajstić information content (AvgIpc) is 2.52. The van der Waals surface area contributed by atoms with Crippen LogP contribution in [0.2, 0.25) is 5.02 Å². The van der Waals surface area contributed by atoms with Gasteiger partial charge in [0.15, 0.2) is 5.69 Å². The minimum absolute atomic E-state index is 0.0854. The molecule has 0 bridgehead atoms. The first-order valence-electron chi connectivity index (χ1n) is 6.98. The maximum Gasteiger partial charge on any atom is 0.433 e. The van der Waals surface area contributed by atoms with Gasteiger partial charge in [0.2, 0.25) is 5.95 Å². The number of anilines is 2. The van der Waals surface area contributed by atoms with E-state index in [4.69, 9.17) is 11.6 Å². The first-order valence-corrected chi connectivity index (χ1v) is 7.36. The van der Waals surface area contributed by atoms with E-state index < -0.39 is 18.0 Å². The van der Waals surface area contributed by atoms with Gasteiger partial charge in [0.1, 0.15) is 5.82 Å². The van der Waals surface area contributed by atoms with Crippen molar-refractivity contribution in [3.05, 3.63) is 46.6 Å². The number of nitrogens with one attached hydrogen (secondary N) is 1. The van der Waals surface area contributed by atoms with E-state index in [1.165, 1.54) is 4.90 Å². The number of rotatable bonds is 5. The highest BCUT2D eigenvalue weighted by atomic mass is 35.5. The number of nitrogens with zero attached hydrogens (tertiary/aromatic N) is 3. The Morgan fingerprint density at radius 1 is 1.25 bits per heavy atom. The average molecular weight is 361 g/mol. The van der Waals surface area contributed by atoms with E-state index >= 15 is 0 Å². The summed E-state index contributed by atoms with van der Waals surface area (Å²) in [5, 5.41) is 13.1. The Labute approximate surface area is 142 Å². The molecule has 2 N–H and O–H groups in total. The topological polar surface area (TPSA) is 61.3 Å². The molecule has 1 aromatic heterocycles. The second-order valence-corrected chi connectivity index (χ2v) is 5.65. The molecule has 9 heteroatoms. The lowest BCUT2D eigenvalue weighted by molar-refractivity contribution is -0.141. The van der Waals surface area contributed by atoms with Gasteiger partial charge in [-0.05, 0) is 6.07 Å². The van der Waals surface area contributed by atoms with Crippen LogP contribution in [0.3, 0.4) is 0 Å². The lowest BCUT2D eigenvalue weighted by Gasteiger charge is -2.17. The summed E-state index contributed by atoms with van der Waals surface area (Å²) in [5.41, 5.74) is -0.595. The van der Waals surface area contributed by atoms with E-state index in [9.17, 15) is 18.3 Å². The van der Waals surface area contributed by atoms with Gasteiger partial charge in [-0.15, -0.1) is 0 Å². The van der Waals surface area contributed by atoms with Crippen LogP contribution in [0.5, 0.6) is 0 Å². The summed E-state index contributed by atoms with van der Waals surface area (Å²) >= 11 is 5.98. The van der Waals surface area contributed by atoms with Crippen LogP contribution in [0.1, 0.15) is 17.4 Å². The van der Waals surface area contributed by atoms with Crippen molar-refractivity contribution in [1.82, 2.24) is 9.97 Å². The first-order chi connectivity index (χ1) is 11.2. The Morgan fingerprint density at radius 2 is 1.92 bits per heavy atom. The predicted octanol–water partition coefficient (Wildman–Crippen LogP) is 3.36. The van der Waals surface area contributed by atoms with Gasteiger partial charge in [-0.2, -0.15) is 18.2 Å². The van der Waals surface area contributed by atoms with Gasteiger partial charge in [0, 0.05) is 37.3 Å². The van der Waals surface area contributed by atoms with Gasteiger partial charge in [-0.1, -0.05) is 29.8 Å². The molecule has 0 aliphatic carbocycles.